The van der Waals surface area contributed by atoms with E-state index in [1.54, 1.807) is 12.5 Å². The molecule has 2 nitrogen and oxygen atoms in total. The second kappa shape index (κ2) is 2.92. The molecular weight excluding hydrogens is 132 g/mol. The first-order chi connectivity index (χ1) is 4.29. The summed E-state index contributed by atoms with van der Waals surface area (Å²) in [6.07, 6.45) is 5.40. The van der Waals surface area contributed by atoms with E-state index >= 15 is 0 Å². The van der Waals surface area contributed by atoms with Gasteiger partial charge in [0, 0.05) is 24.2 Å². The van der Waals surface area contributed by atoms with E-state index in [9.17, 15) is 0 Å². The van der Waals surface area contributed by atoms with E-state index in [1.165, 1.54) is 0 Å². The Morgan fingerprint density at radius 3 is 3.00 bits per heavy atom. The molecule has 1 aromatic rings. The van der Waals surface area contributed by atoms with Gasteiger partial charge in [0.1, 0.15) is 0 Å². The number of nitrogens with zero attached hydrogens (tertiary/aromatic N) is 2. The quantitative estimate of drug-likeness (QED) is 0.609. The van der Waals surface area contributed by atoms with Crippen molar-refractivity contribution >= 4 is 12.6 Å². The Balaban J connectivity index is 2.48. The van der Waals surface area contributed by atoms with Gasteiger partial charge in [0.05, 0.1) is 6.33 Å². The largest absolute Gasteiger partial charge is 0.336 e. The first-order valence-corrected chi connectivity index (χ1v) is 3.27. The topological polar surface area (TPSA) is 17.8 Å². The van der Waals surface area contributed by atoms with Gasteiger partial charge in [-0.1, -0.05) is 0 Å². The fourth-order valence-electron chi connectivity index (χ4n) is 0.638. The van der Waals surface area contributed by atoms with Gasteiger partial charge in [0.25, 0.3) is 0 Å². The SMILES string of the molecule is [CH2]C(S)Cn1ccnc1. The highest BCUT2D eigenvalue weighted by Gasteiger charge is 1.93. The maximum absolute atomic E-state index is 4.12. The Hall–Kier alpha value is -0.440. The molecule has 0 fully saturated rings. The lowest BCUT2D eigenvalue weighted by Crippen LogP contribution is -2.04. The van der Waals surface area contributed by atoms with E-state index in [0.717, 1.165) is 6.54 Å². The molecule has 1 aromatic heterocycles. The molecule has 0 N–H and O–H groups in total. The monoisotopic (exact) mass is 141 g/mol. The lowest BCUT2D eigenvalue weighted by molar-refractivity contribution is 0.721. The zero-order valence-corrected chi connectivity index (χ0v) is 5.96. The van der Waals surface area contributed by atoms with Crippen LogP contribution in [0.25, 0.3) is 0 Å². The number of hydrogen-bond donors (Lipinski definition) is 1. The fourth-order valence-corrected chi connectivity index (χ4v) is 0.827. The lowest BCUT2D eigenvalue weighted by Gasteiger charge is -2.02. The summed E-state index contributed by atoms with van der Waals surface area (Å²) in [4.78, 5) is 3.88. The predicted molar refractivity (Wildman–Crippen MR) is 40.4 cm³/mol. The van der Waals surface area contributed by atoms with Gasteiger partial charge in [-0.2, -0.15) is 12.6 Å². The molecule has 1 heterocycles. The second-order valence-electron chi connectivity index (χ2n) is 1.91. The van der Waals surface area contributed by atoms with Crippen LogP contribution >= 0.6 is 12.6 Å². The van der Waals surface area contributed by atoms with Gasteiger partial charge in [0.15, 0.2) is 0 Å². The third-order valence-electron chi connectivity index (χ3n) is 0.981. The van der Waals surface area contributed by atoms with Crippen LogP contribution in [0.1, 0.15) is 0 Å². The van der Waals surface area contributed by atoms with E-state index in [4.69, 9.17) is 0 Å². The first kappa shape index (κ1) is 6.68. The van der Waals surface area contributed by atoms with Crippen LogP contribution in [0.5, 0.6) is 0 Å². The molecule has 0 aromatic carbocycles. The maximum atomic E-state index is 4.12. The van der Waals surface area contributed by atoms with Gasteiger partial charge < -0.3 is 4.57 Å². The van der Waals surface area contributed by atoms with Gasteiger partial charge in [-0.15, -0.1) is 0 Å². The van der Waals surface area contributed by atoms with Crippen molar-refractivity contribution in [3.63, 3.8) is 0 Å². The van der Waals surface area contributed by atoms with E-state index in [-0.39, 0.29) is 5.25 Å². The third kappa shape index (κ3) is 2.10. The van der Waals surface area contributed by atoms with Crippen LogP contribution in [0, 0.1) is 6.92 Å². The van der Waals surface area contributed by atoms with Crippen molar-refractivity contribution in [1.29, 1.82) is 0 Å². The summed E-state index contributed by atoms with van der Waals surface area (Å²) < 4.78 is 1.95. The van der Waals surface area contributed by atoms with E-state index in [0.29, 0.717) is 0 Å². The molecule has 9 heavy (non-hydrogen) atoms. The smallest absolute Gasteiger partial charge is 0.0946 e. The summed E-state index contributed by atoms with van der Waals surface area (Å²) in [5.41, 5.74) is 0. The molecule has 0 spiro atoms. The summed E-state index contributed by atoms with van der Waals surface area (Å²) in [5.74, 6) is 0. The maximum Gasteiger partial charge on any atom is 0.0946 e. The van der Waals surface area contributed by atoms with Crippen molar-refractivity contribution in [2.75, 3.05) is 0 Å². The average molecular weight is 141 g/mol. The molecule has 0 aliphatic rings. The Bertz CT molecular complexity index is 158. The predicted octanol–water partition coefficient (Wildman–Crippen LogP) is 1.02. The van der Waals surface area contributed by atoms with Gasteiger partial charge >= 0.3 is 0 Å². The number of aromatic nitrogens is 2. The summed E-state index contributed by atoms with van der Waals surface area (Å²) in [6.45, 7) is 4.55. The van der Waals surface area contributed by atoms with Gasteiger partial charge in [-0.25, -0.2) is 4.98 Å². The number of hydrogen-bond acceptors (Lipinski definition) is 2. The Kier molecular flexibility index (Phi) is 2.16. The Labute approximate surface area is 60.3 Å². The molecule has 0 bridgehead atoms. The van der Waals surface area contributed by atoms with E-state index < -0.39 is 0 Å². The van der Waals surface area contributed by atoms with Crippen LogP contribution in [-0.4, -0.2) is 14.8 Å². The highest BCUT2D eigenvalue weighted by atomic mass is 32.1. The molecule has 0 aliphatic carbocycles. The third-order valence-corrected chi connectivity index (χ3v) is 1.14. The minimum atomic E-state index is 0.152. The Morgan fingerprint density at radius 1 is 1.78 bits per heavy atom. The number of thiol groups is 1. The summed E-state index contributed by atoms with van der Waals surface area (Å²) in [5, 5.41) is 0.152. The Morgan fingerprint density at radius 2 is 2.56 bits per heavy atom. The molecule has 1 atom stereocenters. The minimum absolute atomic E-state index is 0.152. The second-order valence-corrected chi connectivity index (χ2v) is 2.64. The summed E-state index contributed by atoms with van der Waals surface area (Å²) in [6, 6.07) is 0. The van der Waals surface area contributed by atoms with E-state index in [1.807, 2.05) is 10.8 Å². The molecule has 0 aliphatic heterocycles. The fraction of sp³-hybridized carbons (Fsp3) is 0.333. The van der Waals surface area contributed by atoms with Crippen LogP contribution in [0.15, 0.2) is 18.7 Å². The molecule has 0 saturated heterocycles. The standard InChI is InChI=1S/C6H9N2S/c1-6(9)4-8-3-2-7-5-8/h2-3,5-6,9H,1,4H2. The highest BCUT2D eigenvalue weighted by Crippen LogP contribution is 1.96. The van der Waals surface area contributed by atoms with Crippen LogP contribution in [-0.2, 0) is 6.54 Å². The zero-order valence-electron chi connectivity index (χ0n) is 5.07. The van der Waals surface area contributed by atoms with Crippen LogP contribution in [0.2, 0.25) is 0 Å². The molecule has 1 radical (unpaired) electrons. The molecule has 0 saturated carbocycles. The lowest BCUT2D eigenvalue weighted by atomic mass is 10.5. The van der Waals surface area contributed by atoms with Crippen molar-refractivity contribution in [3.05, 3.63) is 25.6 Å². The van der Waals surface area contributed by atoms with Crippen LogP contribution in [0.4, 0.5) is 0 Å². The van der Waals surface area contributed by atoms with Crippen molar-refractivity contribution in [2.45, 2.75) is 11.8 Å². The molecule has 3 heteroatoms. The normalized spacial score (nSPS) is 13.6. The van der Waals surface area contributed by atoms with Crippen molar-refractivity contribution in [3.8, 4) is 0 Å². The molecule has 49 valence electrons. The average Bonchev–Trinajstić information content (AvgIpc) is 2.15. The van der Waals surface area contributed by atoms with Crippen molar-refractivity contribution in [2.24, 2.45) is 0 Å². The first-order valence-electron chi connectivity index (χ1n) is 2.76. The van der Waals surface area contributed by atoms with Crippen LogP contribution in [0.3, 0.4) is 0 Å². The molecule has 0 amide bonds. The van der Waals surface area contributed by atoms with Gasteiger partial charge in [-0.05, 0) is 6.92 Å². The summed E-state index contributed by atoms with van der Waals surface area (Å²) >= 11 is 4.12. The van der Waals surface area contributed by atoms with Crippen molar-refractivity contribution in [1.82, 2.24) is 9.55 Å². The minimum Gasteiger partial charge on any atom is -0.336 e. The van der Waals surface area contributed by atoms with Crippen molar-refractivity contribution < 1.29 is 0 Å². The number of rotatable bonds is 2. The zero-order chi connectivity index (χ0) is 6.69. The molecular formula is C6H9N2S. The molecule has 1 rings (SSSR count). The van der Waals surface area contributed by atoms with Gasteiger partial charge in [-0.3, -0.25) is 0 Å². The van der Waals surface area contributed by atoms with Gasteiger partial charge in [0.2, 0.25) is 0 Å². The highest BCUT2D eigenvalue weighted by molar-refractivity contribution is 7.81. The number of imidazole rings is 1. The molecule has 1 unspecified atom stereocenters. The van der Waals surface area contributed by atoms with E-state index in [2.05, 4.69) is 24.5 Å². The van der Waals surface area contributed by atoms with Crippen LogP contribution < -0.4 is 0 Å². The summed E-state index contributed by atoms with van der Waals surface area (Å²) in [7, 11) is 0.